The number of pyridine rings is 2. The zero-order valence-corrected chi connectivity index (χ0v) is 17.5. The predicted octanol–water partition coefficient (Wildman–Crippen LogP) is 3.05. The summed E-state index contributed by atoms with van der Waals surface area (Å²) in [4.78, 5) is 20.8. The standard InChI is InChI=1S/C22H22F2N6O2/c1-12-18(30(29-28-12)15-4-5-17(22(23)24)26-9-15)11-32-19-8-14-6-7-25-20(16(14)10-27-19)21(31)13-2-3-13/h4-5,8-10,13,20,22,25H,2-3,6-7,11H2,1H3. The average Bonchev–Trinajstić information content (AvgIpc) is 3.59. The van der Waals surface area contributed by atoms with Crippen LogP contribution < -0.4 is 10.1 Å². The highest BCUT2D eigenvalue weighted by molar-refractivity contribution is 5.89. The van der Waals surface area contributed by atoms with Crippen molar-refractivity contribution in [3.8, 4) is 11.6 Å². The third-order valence-electron chi connectivity index (χ3n) is 5.87. The zero-order valence-electron chi connectivity index (χ0n) is 17.5. The van der Waals surface area contributed by atoms with Gasteiger partial charge in [-0.25, -0.2) is 18.4 Å². The molecule has 0 radical (unpaired) electrons. The summed E-state index contributed by atoms with van der Waals surface area (Å²) in [5.74, 6) is 0.870. The third-order valence-corrected chi connectivity index (χ3v) is 5.87. The summed E-state index contributed by atoms with van der Waals surface area (Å²) in [6, 6.07) is 4.38. The van der Waals surface area contributed by atoms with E-state index in [4.69, 9.17) is 4.74 Å². The molecule has 0 aromatic carbocycles. The number of rotatable bonds is 7. The second kappa shape index (κ2) is 8.34. The van der Waals surface area contributed by atoms with Crippen molar-refractivity contribution in [2.75, 3.05) is 6.54 Å². The number of ether oxygens (including phenoxy) is 1. The van der Waals surface area contributed by atoms with E-state index in [-0.39, 0.29) is 30.0 Å². The van der Waals surface area contributed by atoms with E-state index >= 15 is 0 Å². The van der Waals surface area contributed by atoms with Crippen LogP contribution in [0.1, 0.15) is 53.5 Å². The van der Waals surface area contributed by atoms with Crippen molar-refractivity contribution >= 4 is 5.78 Å². The third kappa shape index (κ3) is 3.97. The minimum atomic E-state index is -2.63. The molecule has 0 bridgehead atoms. The summed E-state index contributed by atoms with van der Waals surface area (Å²) >= 11 is 0. The molecule has 1 unspecified atom stereocenters. The van der Waals surface area contributed by atoms with E-state index in [1.54, 1.807) is 13.1 Å². The second-order valence-electron chi connectivity index (χ2n) is 8.10. The Morgan fingerprint density at radius 1 is 1.28 bits per heavy atom. The topological polar surface area (TPSA) is 94.8 Å². The van der Waals surface area contributed by atoms with Crippen molar-refractivity contribution in [3.63, 3.8) is 0 Å². The lowest BCUT2D eigenvalue weighted by atomic mass is 9.92. The number of ketones is 1. The number of halogens is 2. The molecule has 5 rings (SSSR count). The maximum atomic E-state index is 12.8. The first-order valence-corrected chi connectivity index (χ1v) is 10.6. The van der Waals surface area contributed by atoms with E-state index in [0.29, 0.717) is 23.0 Å². The number of fused-ring (bicyclic) bond motifs is 1. The minimum Gasteiger partial charge on any atom is -0.471 e. The molecule has 2 aliphatic rings. The van der Waals surface area contributed by atoms with Crippen LogP contribution in [0.15, 0.2) is 30.6 Å². The van der Waals surface area contributed by atoms with E-state index < -0.39 is 6.43 Å². The van der Waals surface area contributed by atoms with Crippen LogP contribution in [0.4, 0.5) is 8.78 Å². The van der Waals surface area contributed by atoms with Gasteiger partial charge in [0.2, 0.25) is 5.88 Å². The van der Waals surface area contributed by atoms with Gasteiger partial charge in [-0.3, -0.25) is 9.78 Å². The Labute approximate surface area is 183 Å². The van der Waals surface area contributed by atoms with E-state index in [9.17, 15) is 13.6 Å². The fourth-order valence-corrected chi connectivity index (χ4v) is 3.90. The summed E-state index contributed by atoms with van der Waals surface area (Å²) in [5.41, 5.74) is 3.52. The van der Waals surface area contributed by atoms with Gasteiger partial charge in [-0.1, -0.05) is 5.21 Å². The lowest BCUT2D eigenvalue weighted by Gasteiger charge is -2.26. The summed E-state index contributed by atoms with van der Waals surface area (Å²) in [5, 5.41) is 11.5. The van der Waals surface area contributed by atoms with Crippen LogP contribution in [0, 0.1) is 12.8 Å². The molecular weight excluding hydrogens is 418 g/mol. The Morgan fingerprint density at radius 3 is 2.84 bits per heavy atom. The molecular formula is C22H22F2N6O2. The van der Waals surface area contributed by atoms with Crippen LogP contribution in [-0.4, -0.2) is 37.3 Å². The molecule has 1 N–H and O–H groups in total. The molecule has 0 saturated heterocycles. The number of aromatic nitrogens is 5. The normalized spacial score (nSPS) is 17.9. The van der Waals surface area contributed by atoms with Crippen LogP contribution in [0.3, 0.4) is 0 Å². The zero-order chi connectivity index (χ0) is 22.2. The predicted molar refractivity (Wildman–Crippen MR) is 110 cm³/mol. The first kappa shape index (κ1) is 20.6. The van der Waals surface area contributed by atoms with Gasteiger partial charge in [-0.2, -0.15) is 0 Å². The number of hydrogen-bond acceptors (Lipinski definition) is 7. The van der Waals surface area contributed by atoms with E-state index in [1.807, 2.05) is 6.07 Å². The minimum absolute atomic E-state index is 0.143. The van der Waals surface area contributed by atoms with Crippen LogP contribution >= 0.6 is 0 Å². The van der Waals surface area contributed by atoms with Crippen molar-refractivity contribution in [1.82, 2.24) is 30.3 Å². The maximum absolute atomic E-state index is 12.8. The highest BCUT2D eigenvalue weighted by Crippen LogP contribution is 2.36. The van der Waals surface area contributed by atoms with Crippen LogP contribution in [-0.2, 0) is 17.8 Å². The van der Waals surface area contributed by atoms with Gasteiger partial charge in [0.1, 0.15) is 18.0 Å². The monoisotopic (exact) mass is 440 g/mol. The number of alkyl halides is 2. The smallest absolute Gasteiger partial charge is 0.280 e. The molecule has 1 fully saturated rings. The molecule has 0 amide bonds. The van der Waals surface area contributed by atoms with Crippen molar-refractivity contribution < 1.29 is 18.3 Å². The largest absolute Gasteiger partial charge is 0.471 e. The van der Waals surface area contributed by atoms with Gasteiger partial charge in [0, 0.05) is 24.7 Å². The van der Waals surface area contributed by atoms with Crippen LogP contribution in [0.5, 0.6) is 5.88 Å². The van der Waals surface area contributed by atoms with Crippen molar-refractivity contribution in [2.45, 2.75) is 45.3 Å². The van der Waals surface area contributed by atoms with Crippen LogP contribution in [0.25, 0.3) is 5.69 Å². The van der Waals surface area contributed by atoms with Crippen molar-refractivity contribution in [1.29, 1.82) is 0 Å². The molecule has 1 atom stereocenters. The second-order valence-corrected chi connectivity index (χ2v) is 8.10. The quantitative estimate of drug-likeness (QED) is 0.603. The van der Waals surface area contributed by atoms with Gasteiger partial charge in [0.15, 0.2) is 5.78 Å². The lowest BCUT2D eigenvalue weighted by molar-refractivity contribution is -0.122. The van der Waals surface area contributed by atoms with Gasteiger partial charge in [-0.15, -0.1) is 5.10 Å². The molecule has 32 heavy (non-hydrogen) atoms. The first-order valence-electron chi connectivity index (χ1n) is 10.6. The number of nitrogens with zero attached hydrogens (tertiary/aromatic N) is 5. The molecule has 166 valence electrons. The van der Waals surface area contributed by atoms with Gasteiger partial charge in [0.05, 0.1) is 23.6 Å². The Balaban J connectivity index is 1.33. The Hall–Kier alpha value is -3.27. The van der Waals surface area contributed by atoms with Gasteiger partial charge in [0.25, 0.3) is 6.43 Å². The number of Topliss-reactive ketones (excluding diaryl/α,β-unsaturated/α-hetero) is 1. The highest BCUT2D eigenvalue weighted by atomic mass is 19.3. The number of carbonyl (C=O) groups excluding carboxylic acids is 1. The summed E-state index contributed by atoms with van der Waals surface area (Å²) in [6.07, 6.45) is 3.17. The molecule has 3 aromatic rings. The van der Waals surface area contributed by atoms with Gasteiger partial charge < -0.3 is 10.1 Å². The summed E-state index contributed by atoms with van der Waals surface area (Å²) < 4.78 is 33.0. The Bertz CT molecular complexity index is 1140. The summed E-state index contributed by atoms with van der Waals surface area (Å²) in [6.45, 7) is 2.67. The molecule has 10 heteroatoms. The molecule has 0 spiro atoms. The Morgan fingerprint density at radius 2 is 2.12 bits per heavy atom. The summed E-state index contributed by atoms with van der Waals surface area (Å²) in [7, 11) is 0. The molecule has 4 heterocycles. The number of nitrogens with one attached hydrogen (secondary N) is 1. The molecule has 1 saturated carbocycles. The SMILES string of the molecule is Cc1nnn(-c2ccc(C(F)F)nc2)c1COc1cc2c(cn1)C(C(=O)C1CC1)NCC2. The number of hydrogen-bond donors (Lipinski definition) is 1. The molecule has 1 aliphatic heterocycles. The average molecular weight is 440 g/mol. The van der Waals surface area contributed by atoms with Gasteiger partial charge >= 0.3 is 0 Å². The van der Waals surface area contributed by atoms with Crippen molar-refractivity contribution in [3.05, 3.63) is 58.8 Å². The maximum Gasteiger partial charge on any atom is 0.280 e. The van der Waals surface area contributed by atoms with Gasteiger partial charge in [-0.05, 0) is 49.4 Å². The van der Waals surface area contributed by atoms with E-state index in [0.717, 1.165) is 36.9 Å². The number of aryl methyl sites for hydroxylation is 1. The fourth-order valence-electron chi connectivity index (χ4n) is 3.90. The molecule has 1 aliphatic carbocycles. The van der Waals surface area contributed by atoms with Crippen molar-refractivity contribution in [2.24, 2.45) is 5.92 Å². The lowest BCUT2D eigenvalue weighted by Crippen LogP contribution is -2.36. The van der Waals surface area contributed by atoms with E-state index in [2.05, 4.69) is 25.6 Å². The highest BCUT2D eigenvalue weighted by Gasteiger charge is 2.37. The number of carbonyl (C=O) groups is 1. The van der Waals surface area contributed by atoms with E-state index in [1.165, 1.54) is 23.0 Å². The Kier molecular flexibility index (Phi) is 5.38. The first-order chi connectivity index (χ1) is 15.5. The molecule has 8 nitrogen and oxygen atoms in total. The fraction of sp³-hybridized carbons (Fsp3) is 0.409. The molecule has 3 aromatic heterocycles. The van der Waals surface area contributed by atoms with Crippen LogP contribution in [0.2, 0.25) is 0 Å².